The summed E-state index contributed by atoms with van der Waals surface area (Å²) in [6.45, 7) is 9.90. The fraction of sp³-hybridized carbons (Fsp3) is 0.500. The number of rotatable bonds is 7. The van der Waals surface area contributed by atoms with E-state index in [1.54, 1.807) is 0 Å². The van der Waals surface area contributed by atoms with Gasteiger partial charge in [0, 0.05) is 52.0 Å². The first-order valence-corrected chi connectivity index (χ1v) is 11.9. The molecule has 0 amide bonds. The second-order valence-corrected chi connectivity index (χ2v) is 8.74. The van der Waals surface area contributed by atoms with Crippen molar-refractivity contribution in [2.75, 3.05) is 51.3 Å². The van der Waals surface area contributed by atoms with Crippen LogP contribution < -0.4 is 15.5 Å². The Labute approximate surface area is 215 Å². The Balaban J connectivity index is 0.00000306. The van der Waals surface area contributed by atoms with Gasteiger partial charge in [0.1, 0.15) is 0 Å². The molecule has 0 bridgehead atoms. The first-order valence-electron chi connectivity index (χ1n) is 11.9. The molecular weight excluding hydrogens is 525 g/mol. The van der Waals surface area contributed by atoms with Gasteiger partial charge >= 0.3 is 0 Å². The van der Waals surface area contributed by atoms with Crippen molar-refractivity contribution in [1.82, 2.24) is 15.5 Å². The van der Waals surface area contributed by atoms with Crippen LogP contribution in [0.5, 0.6) is 0 Å². The molecule has 180 valence electrons. The van der Waals surface area contributed by atoms with E-state index in [9.17, 15) is 0 Å². The number of aliphatic imine (C=N–C) groups is 1. The van der Waals surface area contributed by atoms with Crippen LogP contribution in [-0.2, 0) is 17.8 Å². The summed E-state index contributed by atoms with van der Waals surface area (Å²) in [5.41, 5.74) is 5.29. The molecule has 1 unspecified atom stereocenters. The monoisotopic (exact) mass is 563 g/mol. The van der Waals surface area contributed by atoms with Gasteiger partial charge in [-0.25, -0.2) is 0 Å². The maximum Gasteiger partial charge on any atom is 0.191 e. The molecule has 2 heterocycles. The van der Waals surface area contributed by atoms with E-state index in [0.717, 1.165) is 45.4 Å². The van der Waals surface area contributed by atoms with Crippen LogP contribution in [-0.4, -0.2) is 57.3 Å². The van der Waals surface area contributed by atoms with Crippen LogP contribution in [0.2, 0.25) is 0 Å². The molecule has 0 aliphatic carbocycles. The highest BCUT2D eigenvalue weighted by molar-refractivity contribution is 14.0. The van der Waals surface area contributed by atoms with Crippen LogP contribution >= 0.6 is 24.0 Å². The van der Waals surface area contributed by atoms with Crippen LogP contribution in [0.4, 0.5) is 5.69 Å². The molecule has 0 saturated carbocycles. The van der Waals surface area contributed by atoms with Gasteiger partial charge in [-0.05, 0) is 48.6 Å². The molecule has 7 heteroatoms. The Morgan fingerprint density at radius 3 is 2.45 bits per heavy atom. The average molecular weight is 564 g/mol. The minimum atomic E-state index is 0. The smallest absolute Gasteiger partial charge is 0.191 e. The fourth-order valence-electron chi connectivity index (χ4n) is 4.51. The molecule has 33 heavy (non-hydrogen) atoms. The SMILES string of the molecule is CN=C(NCc1ccccc1CN1CCOCC1)NC(C)c1cccc(N2CCCC2)c1.I. The van der Waals surface area contributed by atoms with Gasteiger partial charge in [-0.15, -0.1) is 24.0 Å². The number of anilines is 1. The van der Waals surface area contributed by atoms with Gasteiger partial charge in [0.25, 0.3) is 0 Å². The highest BCUT2D eigenvalue weighted by Gasteiger charge is 2.15. The van der Waals surface area contributed by atoms with Crippen LogP contribution in [0.15, 0.2) is 53.5 Å². The van der Waals surface area contributed by atoms with Gasteiger partial charge in [0.2, 0.25) is 0 Å². The van der Waals surface area contributed by atoms with Crippen LogP contribution in [0.1, 0.15) is 42.5 Å². The van der Waals surface area contributed by atoms with Gasteiger partial charge in [0.05, 0.1) is 19.3 Å². The number of hydrogen-bond acceptors (Lipinski definition) is 4. The first-order chi connectivity index (χ1) is 15.7. The van der Waals surface area contributed by atoms with Gasteiger partial charge in [-0.2, -0.15) is 0 Å². The summed E-state index contributed by atoms with van der Waals surface area (Å²) < 4.78 is 5.49. The van der Waals surface area contributed by atoms with E-state index in [1.807, 2.05) is 7.05 Å². The standard InChI is InChI=1S/C26H37N5O.HI/c1-21(22-10-7-11-25(18-22)31-12-5-6-13-31)29-26(27-2)28-19-23-8-3-4-9-24(23)20-30-14-16-32-17-15-30;/h3-4,7-11,18,21H,5-6,12-17,19-20H2,1-2H3,(H2,27,28,29);1H. The molecule has 0 aromatic heterocycles. The predicted octanol–water partition coefficient (Wildman–Crippen LogP) is 4.16. The largest absolute Gasteiger partial charge is 0.379 e. The molecule has 2 aromatic carbocycles. The molecule has 2 aromatic rings. The molecule has 0 radical (unpaired) electrons. The molecular formula is C26H38IN5O. The Morgan fingerprint density at radius 2 is 1.73 bits per heavy atom. The van der Waals surface area contributed by atoms with Gasteiger partial charge in [-0.1, -0.05) is 36.4 Å². The van der Waals surface area contributed by atoms with Gasteiger partial charge in [0.15, 0.2) is 5.96 Å². The third kappa shape index (κ3) is 7.32. The van der Waals surface area contributed by atoms with Crippen molar-refractivity contribution in [3.8, 4) is 0 Å². The van der Waals surface area contributed by atoms with Crippen molar-refractivity contribution in [2.45, 2.75) is 38.9 Å². The zero-order chi connectivity index (χ0) is 22.2. The van der Waals surface area contributed by atoms with E-state index in [1.165, 1.54) is 48.3 Å². The molecule has 2 saturated heterocycles. The lowest BCUT2D eigenvalue weighted by Gasteiger charge is -2.27. The number of halogens is 1. The van der Waals surface area contributed by atoms with Crippen molar-refractivity contribution in [1.29, 1.82) is 0 Å². The maximum atomic E-state index is 5.49. The van der Waals surface area contributed by atoms with E-state index in [0.29, 0.717) is 0 Å². The minimum Gasteiger partial charge on any atom is -0.379 e. The normalized spacial score (nSPS) is 18.0. The molecule has 4 rings (SSSR count). The lowest BCUT2D eigenvalue weighted by Crippen LogP contribution is -2.39. The number of nitrogens with zero attached hydrogens (tertiary/aromatic N) is 3. The minimum absolute atomic E-state index is 0. The van der Waals surface area contributed by atoms with Gasteiger partial charge < -0.3 is 20.3 Å². The highest BCUT2D eigenvalue weighted by Crippen LogP contribution is 2.24. The number of morpholine rings is 1. The molecule has 2 fully saturated rings. The second kappa shape index (κ2) is 13.2. The average Bonchev–Trinajstić information content (AvgIpc) is 3.38. The summed E-state index contributed by atoms with van der Waals surface area (Å²) >= 11 is 0. The Morgan fingerprint density at radius 1 is 1.00 bits per heavy atom. The topological polar surface area (TPSA) is 52.1 Å². The van der Waals surface area contributed by atoms with Crippen molar-refractivity contribution in [2.24, 2.45) is 4.99 Å². The van der Waals surface area contributed by atoms with Gasteiger partial charge in [-0.3, -0.25) is 9.89 Å². The van der Waals surface area contributed by atoms with Crippen molar-refractivity contribution in [3.63, 3.8) is 0 Å². The van der Waals surface area contributed by atoms with E-state index in [2.05, 4.69) is 80.9 Å². The summed E-state index contributed by atoms with van der Waals surface area (Å²) in [4.78, 5) is 9.41. The van der Waals surface area contributed by atoms with Crippen molar-refractivity contribution in [3.05, 3.63) is 65.2 Å². The summed E-state index contributed by atoms with van der Waals surface area (Å²) in [7, 11) is 1.84. The Kier molecular flexibility index (Phi) is 10.3. The first kappa shape index (κ1) is 25.8. The van der Waals surface area contributed by atoms with Crippen LogP contribution in [0, 0.1) is 0 Å². The van der Waals surface area contributed by atoms with Crippen LogP contribution in [0.25, 0.3) is 0 Å². The third-order valence-electron chi connectivity index (χ3n) is 6.48. The maximum absolute atomic E-state index is 5.49. The zero-order valence-electron chi connectivity index (χ0n) is 19.9. The highest BCUT2D eigenvalue weighted by atomic mass is 127. The Bertz CT molecular complexity index is 894. The lowest BCUT2D eigenvalue weighted by molar-refractivity contribution is 0.0341. The summed E-state index contributed by atoms with van der Waals surface area (Å²) in [5, 5.41) is 7.08. The number of nitrogens with one attached hydrogen (secondary N) is 2. The molecule has 2 aliphatic heterocycles. The van der Waals surface area contributed by atoms with Crippen LogP contribution in [0.3, 0.4) is 0 Å². The molecule has 2 N–H and O–H groups in total. The van der Waals surface area contributed by atoms with E-state index in [4.69, 9.17) is 4.74 Å². The third-order valence-corrected chi connectivity index (χ3v) is 6.48. The number of ether oxygens (including phenoxy) is 1. The van der Waals surface area contributed by atoms with E-state index in [-0.39, 0.29) is 30.0 Å². The van der Waals surface area contributed by atoms with Crippen molar-refractivity contribution >= 4 is 35.6 Å². The summed E-state index contributed by atoms with van der Waals surface area (Å²) in [5.74, 6) is 0.824. The molecule has 0 spiro atoms. The molecule has 1 atom stereocenters. The number of hydrogen-bond donors (Lipinski definition) is 2. The summed E-state index contributed by atoms with van der Waals surface area (Å²) in [6, 6.07) is 17.8. The quantitative estimate of drug-likeness (QED) is 0.301. The fourth-order valence-corrected chi connectivity index (χ4v) is 4.51. The number of guanidine groups is 1. The van der Waals surface area contributed by atoms with E-state index < -0.39 is 0 Å². The molecule has 2 aliphatic rings. The Hall–Kier alpha value is -1.84. The zero-order valence-corrected chi connectivity index (χ0v) is 22.3. The second-order valence-electron chi connectivity index (χ2n) is 8.74. The molecule has 6 nitrogen and oxygen atoms in total. The predicted molar refractivity (Wildman–Crippen MR) is 148 cm³/mol. The number of benzene rings is 2. The van der Waals surface area contributed by atoms with Crippen molar-refractivity contribution < 1.29 is 4.74 Å². The van der Waals surface area contributed by atoms with E-state index >= 15 is 0 Å². The summed E-state index contributed by atoms with van der Waals surface area (Å²) in [6.07, 6.45) is 2.59. The lowest BCUT2D eigenvalue weighted by atomic mass is 10.1.